The van der Waals surface area contributed by atoms with Gasteiger partial charge in [-0.25, -0.2) is 9.18 Å². The van der Waals surface area contributed by atoms with Gasteiger partial charge >= 0.3 is 6.03 Å². The molecule has 1 N–H and O–H groups in total. The SMILES string of the molecule is CC[C@@H]1CN(C(=O)N2CCC(C(=O)Nc3cccc(F)c3)CC2)c2ccccc2O1. The van der Waals surface area contributed by atoms with E-state index in [1.165, 1.54) is 12.1 Å². The number of rotatable bonds is 3. The molecule has 7 heteroatoms. The number of piperidine rings is 1. The lowest BCUT2D eigenvalue weighted by Crippen LogP contribution is -2.52. The van der Waals surface area contributed by atoms with E-state index in [4.69, 9.17) is 4.74 Å². The Morgan fingerprint density at radius 3 is 2.63 bits per heavy atom. The highest BCUT2D eigenvalue weighted by atomic mass is 19.1. The van der Waals surface area contributed by atoms with E-state index in [1.54, 1.807) is 21.9 Å². The molecule has 0 bridgehead atoms. The first-order valence-electron chi connectivity index (χ1n) is 10.4. The fraction of sp³-hybridized carbons (Fsp3) is 0.391. The molecule has 2 aliphatic rings. The summed E-state index contributed by atoms with van der Waals surface area (Å²) < 4.78 is 19.3. The lowest BCUT2D eigenvalue weighted by molar-refractivity contribution is -0.121. The van der Waals surface area contributed by atoms with Crippen molar-refractivity contribution in [2.45, 2.75) is 32.3 Å². The van der Waals surface area contributed by atoms with Crippen LogP contribution in [-0.4, -0.2) is 42.6 Å². The Hall–Kier alpha value is -3.09. The molecule has 1 saturated heterocycles. The number of amides is 3. The molecule has 158 valence electrons. The van der Waals surface area contributed by atoms with Crippen LogP contribution < -0.4 is 15.0 Å². The number of urea groups is 1. The molecule has 3 amide bonds. The third kappa shape index (κ3) is 4.25. The smallest absolute Gasteiger partial charge is 0.324 e. The number of nitrogens with one attached hydrogen (secondary N) is 1. The lowest BCUT2D eigenvalue weighted by atomic mass is 9.96. The van der Waals surface area contributed by atoms with Gasteiger partial charge in [-0.3, -0.25) is 9.69 Å². The van der Waals surface area contributed by atoms with Crippen LogP contribution in [0.2, 0.25) is 0 Å². The normalized spacial score (nSPS) is 19.1. The summed E-state index contributed by atoms with van der Waals surface area (Å²) in [6, 6.07) is 13.4. The van der Waals surface area contributed by atoms with Crippen molar-refractivity contribution in [2.75, 3.05) is 29.9 Å². The van der Waals surface area contributed by atoms with Crippen molar-refractivity contribution in [2.24, 2.45) is 5.92 Å². The molecular formula is C23H26FN3O3. The van der Waals surface area contributed by atoms with Crippen LogP contribution in [0.4, 0.5) is 20.6 Å². The van der Waals surface area contributed by atoms with Crippen LogP contribution in [0, 0.1) is 11.7 Å². The molecule has 0 aromatic heterocycles. The van der Waals surface area contributed by atoms with E-state index in [0.29, 0.717) is 38.2 Å². The number of halogens is 1. The van der Waals surface area contributed by atoms with Gasteiger partial charge in [0.15, 0.2) is 0 Å². The van der Waals surface area contributed by atoms with Crippen molar-refractivity contribution in [3.05, 3.63) is 54.3 Å². The van der Waals surface area contributed by atoms with E-state index in [-0.39, 0.29) is 29.8 Å². The van der Waals surface area contributed by atoms with Crippen molar-refractivity contribution < 1.29 is 18.7 Å². The maximum Gasteiger partial charge on any atom is 0.324 e. The van der Waals surface area contributed by atoms with Crippen molar-refractivity contribution in [3.63, 3.8) is 0 Å². The maximum absolute atomic E-state index is 13.3. The first-order chi connectivity index (χ1) is 14.5. The second kappa shape index (κ2) is 8.73. The van der Waals surface area contributed by atoms with E-state index in [1.807, 2.05) is 31.2 Å². The molecule has 2 aliphatic heterocycles. The second-order valence-corrected chi connectivity index (χ2v) is 7.77. The molecule has 1 fully saturated rings. The number of para-hydroxylation sites is 2. The number of hydrogen-bond acceptors (Lipinski definition) is 3. The van der Waals surface area contributed by atoms with Crippen LogP contribution in [0.1, 0.15) is 26.2 Å². The first-order valence-corrected chi connectivity index (χ1v) is 10.4. The Morgan fingerprint density at radius 1 is 1.13 bits per heavy atom. The van der Waals surface area contributed by atoms with Crippen LogP contribution in [0.25, 0.3) is 0 Å². The zero-order valence-corrected chi connectivity index (χ0v) is 17.0. The molecule has 1 atom stereocenters. The number of anilines is 2. The fourth-order valence-corrected chi connectivity index (χ4v) is 4.01. The largest absolute Gasteiger partial charge is 0.486 e. The second-order valence-electron chi connectivity index (χ2n) is 7.77. The number of likely N-dealkylation sites (tertiary alicyclic amines) is 1. The molecule has 2 aromatic rings. The Kier molecular flexibility index (Phi) is 5.88. The topological polar surface area (TPSA) is 61.9 Å². The van der Waals surface area contributed by atoms with E-state index in [2.05, 4.69) is 5.32 Å². The molecule has 0 spiro atoms. The summed E-state index contributed by atoms with van der Waals surface area (Å²) in [5.41, 5.74) is 1.24. The molecular weight excluding hydrogens is 385 g/mol. The van der Waals surface area contributed by atoms with E-state index >= 15 is 0 Å². The van der Waals surface area contributed by atoms with Gasteiger partial charge in [0.2, 0.25) is 5.91 Å². The maximum atomic E-state index is 13.3. The first kappa shape index (κ1) is 20.2. The van der Waals surface area contributed by atoms with Gasteiger partial charge in [0.1, 0.15) is 17.7 Å². The number of nitrogens with zero attached hydrogens (tertiary/aromatic N) is 2. The highest BCUT2D eigenvalue weighted by molar-refractivity contribution is 5.95. The van der Waals surface area contributed by atoms with Crippen LogP contribution in [-0.2, 0) is 4.79 Å². The zero-order valence-electron chi connectivity index (χ0n) is 17.0. The van der Waals surface area contributed by atoms with E-state index in [9.17, 15) is 14.0 Å². The van der Waals surface area contributed by atoms with Crippen molar-refractivity contribution in [3.8, 4) is 5.75 Å². The summed E-state index contributed by atoms with van der Waals surface area (Å²) in [6.07, 6.45) is 1.95. The number of carbonyl (C=O) groups is 2. The summed E-state index contributed by atoms with van der Waals surface area (Å²) in [7, 11) is 0. The summed E-state index contributed by atoms with van der Waals surface area (Å²) >= 11 is 0. The van der Waals surface area contributed by atoms with E-state index in [0.717, 1.165) is 17.9 Å². The highest BCUT2D eigenvalue weighted by Crippen LogP contribution is 2.35. The summed E-state index contributed by atoms with van der Waals surface area (Å²) in [4.78, 5) is 29.4. The molecule has 0 saturated carbocycles. The van der Waals surface area contributed by atoms with Crippen LogP contribution in [0.15, 0.2) is 48.5 Å². The summed E-state index contributed by atoms with van der Waals surface area (Å²) in [6.45, 7) is 3.59. The van der Waals surface area contributed by atoms with Crippen LogP contribution in [0.3, 0.4) is 0 Å². The molecule has 0 aliphatic carbocycles. The number of hydrogen-bond donors (Lipinski definition) is 1. The Balaban J connectivity index is 1.38. The van der Waals surface area contributed by atoms with Crippen molar-refractivity contribution in [1.29, 1.82) is 0 Å². The fourth-order valence-electron chi connectivity index (χ4n) is 4.01. The van der Waals surface area contributed by atoms with Gasteiger partial charge in [-0.2, -0.15) is 0 Å². The van der Waals surface area contributed by atoms with E-state index < -0.39 is 0 Å². The monoisotopic (exact) mass is 411 g/mol. The summed E-state index contributed by atoms with van der Waals surface area (Å²) in [5, 5.41) is 2.78. The molecule has 30 heavy (non-hydrogen) atoms. The van der Waals surface area contributed by atoms with Gasteiger partial charge in [0.25, 0.3) is 0 Å². The minimum absolute atomic E-state index is 0.0292. The highest BCUT2D eigenvalue weighted by Gasteiger charge is 2.34. The van der Waals surface area contributed by atoms with Gasteiger partial charge in [-0.15, -0.1) is 0 Å². The minimum atomic E-state index is -0.385. The van der Waals surface area contributed by atoms with Gasteiger partial charge < -0.3 is 15.0 Å². The predicted octanol–water partition coefficient (Wildman–Crippen LogP) is 4.27. The van der Waals surface area contributed by atoms with Gasteiger partial charge in [0.05, 0.1) is 12.2 Å². The molecule has 2 aromatic carbocycles. The molecule has 6 nitrogen and oxygen atoms in total. The standard InChI is InChI=1S/C23H26FN3O3/c1-2-19-15-27(20-8-3-4-9-21(20)30-19)23(29)26-12-10-16(11-13-26)22(28)25-18-7-5-6-17(24)14-18/h3-9,14,16,19H,2,10-13,15H2,1H3,(H,25,28)/t19-/m1/s1. The quantitative estimate of drug-likeness (QED) is 0.820. The number of carbonyl (C=O) groups excluding carboxylic acids is 2. The van der Waals surface area contributed by atoms with Crippen LogP contribution >= 0.6 is 0 Å². The molecule has 2 heterocycles. The number of benzene rings is 2. The third-order valence-corrected chi connectivity index (χ3v) is 5.75. The van der Waals surface area contributed by atoms with Crippen molar-refractivity contribution in [1.82, 2.24) is 4.90 Å². The third-order valence-electron chi connectivity index (χ3n) is 5.75. The Bertz CT molecular complexity index is 927. The number of fused-ring (bicyclic) bond motifs is 1. The Morgan fingerprint density at radius 2 is 1.90 bits per heavy atom. The average Bonchev–Trinajstić information content (AvgIpc) is 2.78. The van der Waals surface area contributed by atoms with Gasteiger partial charge in [0, 0.05) is 24.7 Å². The minimum Gasteiger partial charge on any atom is -0.486 e. The average molecular weight is 411 g/mol. The molecule has 0 unspecified atom stereocenters. The van der Waals surface area contributed by atoms with Gasteiger partial charge in [-0.1, -0.05) is 25.1 Å². The van der Waals surface area contributed by atoms with Crippen LogP contribution in [0.5, 0.6) is 5.75 Å². The predicted molar refractivity (Wildman–Crippen MR) is 113 cm³/mol. The lowest BCUT2D eigenvalue weighted by Gasteiger charge is -2.39. The van der Waals surface area contributed by atoms with Gasteiger partial charge in [-0.05, 0) is 49.6 Å². The van der Waals surface area contributed by atoms with Crippen molar-refractivity contribution >= 4 is 23.3 Å². The molecule has 4 rings (SSSR count). The molecule has 0 radical (unpaired) electrons. The Labute approximate surface area is 175 Å². The summed E-state index contributed by atoms with van der Waals surface area (Å²) in [5.74, 6) is 0.0193. The number of ether oxygens (including phenoxy) is 1. The zero-order chi connectivity index (χ0) is 21.1.